The lowest BCUT2D eigenvalue weighted by molar-refractivity contribution is -0.135. The number of allylic oxidation sites excluding steroid dienone is 1. The van der Waals surface area contributed by atoms with Gasteiger partial charge in [-0.25, -0.2) is 4.79 Å². The first-order valence-electron chi connectivity index (χ1n) is 8.99. The predicted octanol–water partition coefficient (Wildman–Crippen LogP) is 5.03. The number of hydrogen-bond donors (Lipinski definition) is 0. The molecule has 1 aliphatic rings. The largest absolute Gasteiger partial charge is 0.465 e. The molecule has 1 aliphatic heterocycles. The Morgan fingerprint density at radius 3 is 2.68 bits per heavy atom. The number of fused-ring (bicyclic) bond motifs is 1. The number of carbonyl (C=O) groups excluding carboxylic acids is 2. The van der Waals surface area contributed by atoms with E-state index >= 15 is 0 Å². The van der Waals surface area contributed by atoms with Gasteiger partial charge in [-0.05, 0) is 46.7 Å². The number of thioether (sulfide) groups is 1. The fourth-order valence-electron chi connectivity index (χ4n) is 3.37. The van der Waals surface area contributed by atoms with Crippen molar-refractivity contribution in [1.82, 2.24) is 4.90 Å². The van der Waals surface area contributed by atoms with Gasteiger partial charge >= 0.3 is 5.97 Å². The Labute approximate surface area is 177 Å². The number of amides is 1. The summed E-state index contributed by atoms with van der Waals surface area (Å²) < 4.78 is 5.95. The number of benzene rings is 2. The van der Waals surface area contributed by atoms with Gasteiger partial charge in [-0.1, -0.05) is 58.4 Å². The van der Waals surface area contributed by atoms with Gasteiger partial charge in [0.15, 0.2) is 0 Å². The lowest BCUT2D eigenvalue weighted by Crippen LogP contribution is -2.27. The molecule has 28 heavy (non-hydrogen) atoms. The zero-order chi connectivity index (χ0) is 20.3. The van der Waals surface area contributed by atoms with Crippen molar-refractivity contribution < 1.29 is 14.3 Å². The predicted molar refractivity (Wildman–Crippen MR) is 118 cm³/mol. The van der Waals surface area contributed by atoms with E-state index in [0.717, 1.165) is 38.6 Å². The number of nitrogens with zero attached hydrogens (tertiary/aromatic N) is 1. The van der Waals surface area contributed by atoms with Crippen molar-refractivity contribution in [1.29, 1.82) is 0 Å². The number of methoxy groups -OCH3 is 1. The second-order valence-electron chi connectivity index (χ2n) is 6.67. The standard InChI is InChI=1S/C22H22BrNO3S/c1-14-12-28-21(24(14)13-25)20(22(26)27-3)19(15(2)23)11-17-9-6-8-16-7-4-5-10-18(16)17/h4-10,13-14H,11-12H2,1-3H3/b19-15+,21-20-. The topological polar surface area (TPSA) is 46.6 Å². The van der Waals surface area contributed by atoms with Gasteiger partial charge in [-0.15, -0.1) is 11.8 Å². The number of esters is 1. The summed E-state index contributed by atoms with van der Waals surface area (Å²) in [4.78, 5) is 26.1. The van der Waals surface area contributed by atoms with Gasteiger partial charge in [0.05, 0.1) is 17.7 Å². The zero-order valence-electron chi connectivity index (χ0n) is 16.1. The summed E-state index contributed by atoms with van der Waals surface area (Å²) in [5.41, 5.74) is 2.39. The molecule has 1 unspecified atom stereocenters. The molecule has 4 nitrogen and oxygen atoms in total. The lowest BCUT2D eigenvalue weighted by atomic mass is 9.94. The summed E-state index contributed by atoms with van der Waals surface area (Å²) in [6, 6.07) is 14.4. The van der Waals surface area contributed by atoms with Gasteiger partial charge in [-0.3, -0.25) is 4.79 Å². The summed E-state index contributed by atoms with van der Waals surface area (Å²) in [6.45, 7) is 3.89. The van der Waals surface area contributed by atoms with Gasteiger partial charge < -0.3 is 9.64 Å². The Morgan fingerprint density at radius 2 is 2.00 bits per heavy atom. The first-order chi connectivity index (χ1) is 13.5. The van der Waals surface area contributed by atoms with Crippen LogP contribution in [0.15, 0.2) is 63.1 Å². The minimum absolute atomic E-state index is 0.0339. The molecule has 0 bridgehead atoms. The Kier molecular flexibility index (Phi) is 6.62. The molecule has 0 aromatic heterocycles. The molecule has 0 saturated carbocycles. The molecule has 0 radical (unpaired) electrons. The second-order valence-corrected chi connectivity index (χ2v) is 8.87. The van der Waals surface area contributed by atoms with Gasteiger partial charge in [0, 0.05) is 11.8 Å². The van der Waals surface area contributed by atoms with Crippen LogP contribution in [0.25, 0.3) is 10.8 Å². The van der Waals surface area contributed by atoms with Crippen molar-refractivity contribution in [2.45, 2.75) is 26.3 Å². The maximum atomic E-state index is 12.8. The molecule has 2 aromatic carbocycles. The number of halogens is 1. The molecule has 2 aromatic rings. The molecule has 1 amide bonds. The summed E-state index contributed by atoms with van der Waals surface area (Å²) in [7, 11) is 1.37. The Hall–Kier alpha value is -2.05. The number of rotatable bonds is 5. The third kappa shape index (κ3) is 4.03. The molecule has 146 valence electrons. The summed E-state index contributed by atoms with van der Waals surface area (Å²) >= 11 is 5.10. The minimum Gasteiger partial charge on any atom is -0.465 e. The Morgan fingerprint density at radius 1 is 1.29 bits per heavy atom. The monoisotopic (exact) mass is 459 g/mol. The molecule has 1 fully saturated rings. The quantitative estimate of drug-likeness (QED) is 0.357. The van der Waals surface area contributed by atoms with E-state index in [-0.39, 0.29) is 6.04 Å². The maximum absolute atomic E-state index is 12.8. The fourth-order valence-corrected chi connectivity index (χ4v) is 4.99. The van der Waals surface area contributed by atoms with Crippen molar-refractivity contribution in [3.05, 3.63) is 68.7 Å². The highest BCUT2D eigenvalue weighted by Crippen LogP contribution is 2.39. The third-order valence-electron chi connectivity index (χ3n) is 4.85. The molecular formula is C22H22BrNO3S. The normalized spacial score (nSPS) is 19.4. The van der Waals surface area contributed by atoms with Crippen LogP contribution in [0.2, 0.25) is 0 Å². The Bertz CT molecular complexity index is 973. The second kappa shape index (κ2) is 8.97. The van der Waals surface area contributed by atoms with E-state index < -0.39 is 5.97 Å². The molecule has 0 spiro atoms. The van der Waals surface area contributed by atoms with Crippen LogP contribution in [-0.4, -0.2) is 36.2 Å². The number of carbonyl (C=O) groups is 2. The fraction of sp³-hybridized carbons (Fsp3) is 0.273. The number of ether oxygens (including phenoxy) is 1. The van der Waals surface area contributed by atoms with Crippen molar-refractivity contribution >= 4 is 50.8 Å². The van der Waals surface area contributed by atoms with Gasteiger partial charge in [0.2, 0.25) is 6.41 Å². The van der Waals surface area contributed by atoms with Crippen LogP contribution in [0.5, 0.6) is 0 Å². The van der Waals surface area contributed by atoms with E-state index in [2.05, 4.69) is 40.2 Å². The molecule has 1 atom stereocenters. The van der Waals surface area contributed by atoms with Crippen LogP contribution in [0.1, 0.15) is 19.4 Å². The molecule has 3 rings (SSSR count). The summed E-state index contributed by atoms with van der Waals surface area (Å²) in [6.07, 6.45) is 1.34. The average Bonchev–Trinajstić information content (AvgIpc) is 3.07. The van der Waals surface area contributed by atoms with Crippen LogP contribution < -0.4 is 0 Å². The van der Waals surface area contributed by atoms with E-state index in [0.29, 0.717) is 17.0 Å². The van der Waals surface area contributed by atoms with Crippen LogP contribution >= 0.6 is 27.7 Å². The molecule has 1 saturated heterocycles. The van der Waals surface area contributed by atoms with Crippen molar-refractivity contribution in [2.24, 2.45) is 0 Å². The van der Waals surface area contributed by atoms with E-state index in [1.807, 2.05) is 32.0 Å². The SMILES string of the molecule is COC(=O)C(=C1\SCC(C)N1C=O)/C(Cc1cccc2ccccc12)=C(\C)Br. The molecule has 1 heterocycles. The van der Waals surface area contributed by atoms with Crippen LogP contribution in [-0.2, 0) is 20.7 Å². The molecule has 6 heteroatoms. The van der Waals surface area contributed by atoms with Crippen LogP contribution in [0.3, 0.4) is 0 Å². The van der Waals surface area contributed by atoms with Crippen molar-refractivity contribution in [3.63, 3.8) is 0 Å². The first kappa shape index (κ1) is 20.7. The average molecular weight is 460 g/mol. The zero-order valence-corrected chi connectivity index (χ0v) is 18.5. The highest BCUT2D eigenvalue weighted by molar-refractivity contribution is 9.11. The van der Waals surface area contributed by atoms with E-state index in [9.17, 15) is 9.59 Å². The van der Waals surface area contributed by atoms with E-state index in [4.69, 9.17) is 4.74 Å². The Balaban J connectivity index is 2.15. The molecule has 0 N–H and O–H groups in total. The van der Waals surface area contributed by atoms with E-state index in [1.165, 1.54) is 18.9 Å². The van der Waals surface area contributed by atoms with E-state index in [1.54, 1.807) is 4.90 Å². The lowest BCUT2D eigenvalue weighted by Gasteiger charge is -2.21. The van der Waals surface area contributed by atoms with Gasteiger partial charge in [-0.2, -0.15) is 0 Å². The molecule has 0 aliphatic carbocycles. The first-order valence-corrected chi connectivity index (χ1v) is 10.8. The minimum atomic E-state index is -0.433. The molecular weight excluding hydrogens is 438 g/mol. The summed E-state index contributed by atoms with van der Waals surface area (Å²) in [5.74, 6) is 0.315. The van der Waals surface area contributed by atoms with Gasteiger partial charge in [0.25, 0.3) is 0 Å². The van der Waals surface area contributed by atoms with Crippen LogP contribution in [0, 0.1) is 0 Å². The van der Waals surface area contributed by atoms with Crippen LogP contribution in [0.4, 0.5) is 0 Å². The smallest absolute Gasteiger partial charge is 0.340 e. The maximum Gasteiger partial charge on any atom is 0.340 e. The van der Waals surface area contributed by atoms with Crippen molar-refractivity contribution in [2.75, 3.05) is 12.9 Å². The van der Waals surface area contributed by atoms with Gasteiger partial charge in [0.1, 0.15) is 0 Å². The highest BCUT2D eigenvalue weighted by Gasteiger charge is 2.33. The van der Waals surface area contributed by atoms with Crippen molar-refractivity contribution in [3.8, 4) is 0 Å². The summed E-state index contributed by atoms with van der Waals surface area (Å²) in [5, 5.41) is 2.95. The number of hydrogen-bond acceptors (Lipinski definition) is 4. The highest BCUT2D eigenvalue weighted by atomic mass is 79.9. The third-order valence-corrected chi connectivity index (χ3v) is 6.67.